The third kappa shape index (κ3) is 6.74. The van der Waals surface area contributed by atoms with Gasteiger partial charge >= 0.3 is 0 Å². The second kappa shape index (κ2) is 12.1. The van der Waals surface area contributed by atoms with Gasteiger partial charge in [-0.3, -0.25) is 14.9 Å². The van der Waals surface area contributed by atoms with Gasteiger partial charge in [-0.2, -0.15) is 0 Å². The van der Waals surface area contributed by atoms with Crippen LogP contribution in [0.3, 0.4) is 0 Å². The van der Waals surface area contributed by atoms with Gasteiger partial charge in [-0.1, -0.05) is 18.2 Å². The van der Waals surface area contributed by atoms with E-state index in [1.165, 1.54) is 0 Å². The van der Waals surface area contributed by atoms with Crippen molar-refractivity contribution in [2.75, 3.05) is 51.4 Å². The number of hydrogen-bond donors (Lipinski definition) is 2. The topological polar surface area (TPSA) is 89.1 Å². The van der Waals surface area contributed by atoms with E-state index in [4.69, 9.17) is 26.4 Å². The molecule has 1 aliphatic heterocycles. The van der Waals surface area contributed by atoms with Gasteiger partial charge in [-0.15, -0.1) is 0 Å². The molecule has 1 fully saturated rings. The summed E-state index contributed by atoms with van der Waals surface area (Å²) in [5.74, 6) is 0.0786. The molecule has 8 nitrogen and oxygen atoms in total. The van der Waals surface area contributed by atoms with Crippen LogP contribution in [0.5, 0.6) is 5.75 Å². The Labute approximate surface area is 192 Å². The summed E-state index contributed by atoms with van der Waals surface area (Å²) in [6.45, 7) is 5.52. The van der Waals surface area contributed by atoms with E-state index in [2.05, 4.69) is 10.6 Å². The zero-order valence-electron chi connectivity index (χ0n) is 18.0. The van der Waals surface area contributed by atoms with Crippen LogP contribution in [0, 0.1) is 0 Å². The molecule has 0 atom stereocenters. The Kier molecular flexibility index (Phi) is 8.97. The molecule has 0 saturated carbocycles. The highest BCUT2D eigenvalue weighted by Gasteiger charge is 2.21. The van der Waals surface area contributed by atoms with Gasteiger partial charge in [0.25, 0.3) is 11.8 Å². The molecule has 170 valence electrons. The molecule has 0 aliphatic carbocycles. The number of anilines is 1. The molecule has 2 amide bonds. The standard InChI is InChI=1S/C23H27N3O5S/c1-2-29-14-15-31-18-7-5-6-17(16-18)21(27)25-23(32)24-20-9-4-3-8-19(20)22(28)26-10-12-30-13-11-26/h3-9,16H,2,10-15H2,1H3,(H2,24,25,27,32). The Morgan fingerprint density at radius 1 is 1.09 bits per heavy atom. The van der Waals surface area contributed by atoms with E-state index in [-0.39, 0.29) is 16.9 Å². The molecule has 3 rings (SSSR count). The number of nitrogens with one attached hydrogen (secondary N) is 2. The minimum Gasteiger partial charge on any atom is -0.491 e. The molecule has 32 heavy (non-hydrogen) atoms. The summed E-state index contributed by atoms with van der Waals surface area (Å²) >= 11 is 5.31. The highest BCUT2D eigenvalue weighted by Crippen LogP contribution is 2.18. The fourth-order valence-corrected chi connectivity index (χ4v) is 3.34. The number of amides is 2. The second-order valence-electron chi connectivity index (χ2n) is 6.93. The van der Waals surface area contributed by atoms with E-state index in [1.54, 1.807) is 53.4 Å². The van der Waals surface area contributed by atoms with Crippen molar-refractivity contribution in [1.82, 2.24) is 10.2 Å². The first-order chi connectivity index (χ1) is 15.6. The maximum atomic E-state index is 12.9. The van der Waals surface area contributed by atoms with E-state index in [0.717, 1.165) is 0 Å². The lowest BCUT2D eigenvalue weighted by Crippen LogP contribution is -2.41. The molecule has 2 aromatic carbocycles. The van der Waals surface area contributed by atoms with Crippen molar-refractivity contribution < 1.29 is 23.8 Å². The number of nitrogens with zero attached hydrogens (tertiary/aromatic N) is 1. The molecule has 0 aromatic heterocycles. The molecule has 9 heteroatoms. The summed E-state index contributed by atoms with van der Waals surface area (Å²) in [4.78, 5) is 27.3. The minimum atomic E-state index is -0.380. The van der Waals surface area contributed by atoms with Gasteiger partial charge in [0, 0.05) is 25.3 Å². The second-order valence-corrected chi connectivity index (χ2v) is 7.34. The van der Waals surface area contributed by atoms with Gasteiger partial charge in [-0.05, 0) is 49.5 Å². The first kappa shape index (κ1) is 23.6. The number of carbonyl (C=O) groups is 2. The molecule has 0 bridgehead atoms. The van der Waals surface area contributed by atoms with E-state index in [9.17, 15) is 9.59 Å². The predicted octanol–water partition coefficient (Wildman–Crippen LogP) is 2.70. The van der Waals surface area contributed by atoms with Gasteiger partial charge in [0.1, 0.15) is 12.4 Å². The first-order valence-electron chi connectivity index (χ1n) is 10.5. The van der Waals surface area contributed by atoms with Crippen LogP contribution in [-0.2, 0) is 9.47 Å². The van der Waals surface area contributed by atoms with Crippen LogP contribution < -0.4 is 15.4 Å². The summed E-state index contributed by atoms with van der Waals surface area (Å²) in [7, 11) is 0. The largest absolute Gasteiger partial charge is 0.491 e. The minimum absolute atomic E-state index is 0.0971. The van der Waals surface area contributed by atoms with Crippen LogP contribution in [0.1, 0.15) is 27.6 Å². The summed E-state index contributed by atoms with van der Waals surface area (Å²) in [6, 6.07) is 13.9. The number of para-hydroxylation sites is 1. The van der Waals surface area contributed by atoms with Crippen molar-refractivity contribution in [2.45, 2.75) is 6.92 Å². The Hall–Kier alpha value is -3.01. The third-order valence-electron chi connectivity index (χ3n) is 4.73. The summed E-state index contributed by atoms with van der Waals surface area (Å²) in [5, 5.41) is 5.71. The van der Waals surface area contributed by atoms with Crippen molar-refractivity contribution >= 4 is 34.8 Å². The summed E-state index contributed by atoms with van der Waals surface area (Å²) in [5.41, 5.74) is 1.42. The molecule has 1 heterocycles. The smallest absolute Gasteiger partial charge is 0.257 e. The van der Waals surface area contributed by atoms with Gasteiger partial charge in [-0.25, -0.2) is 0 Å². The Morgan fingerprint density at radius 3 is 2.66 bits per heavy atom. The van der Waals surface area contributed by atoms with E-state index >= 15 is 0 Å². The average molecular weight is 458 g/mol. The molecule has 2 N–H and O–H groups in total. The van der Waals surface area contributed by atoms with Gasteiger partial charge in [0.05, 0.1) is 31.1 Å². The number of benzene rings is 2. The predicted molar refractivity (Wildman–Crippen MR) is 125 cm³/mol. The monoisotopic (exact) mass is 457 g/mol. The van der Waals surface area contributed by atoms with E-state index in [1.807, 2.05) is 6.92 Å². The van der Waals surface area contributed by atoms with Crippen LogP contribution in [0.25, 0.3) is 0 Å². The van der Waals surface area contributed by atoms with Crippen molar-refractivity contribution in [2.24, 2.45) is 0 Å². The molecule has 0 spiro atoms. The van der Waals surface area contributed by atoms with E-state index < -0.39 is 0 Å². The average Bonchev–Trinajstić information content (AvgIpc) is 2.82. The molecule has 1 aliphatic rings. The summed E-state index contributed by atoms with van der Waals surface area (Å²) < 4.78 is 16.2. The molecular weight excluding hydrogens is 430 g/mol. The maximum Gasteiger partial charge on any atom is 0.257 e. The van der Waals surface area contributed by atoms with Crippen molar-refractivity contribution in [1.29, 1.82) is 0 Å². The molecule has 0 unspecified atom stereocenters. The Morgan fingerprint density at radius 2 is 1.88 bits per heavy atom. The number of ether oxygens (including phenoxy) is 3. The fraction of sp³-hybridized carbons (Fsp3) is 0.348. The van der Waals surface area contributed by atoms with E-state index in [0.29, 0.717) is 68.7 Å². The number of thiocarbonyl (C=S) groups is 1. The van der Waals surface area contributed by atoms with Crippen LogP contribution in [0.4, 0.5) is 5.69 Å². The molecule has 1 saturated heterocycles. The zero-order valence-corrected chi connectivity index (χ0v) is 18.8. The van der Waals surface area contributed by atoms with Crippen molar-refractivity contribution in [3.05, 3.63) is 59.7 Å². The molecule has 2 aromatic rings. The Balaban J connectivity index is 1.60. The molecule has 0 radical (unpaired) electrons. The molecular formula is C23H27N3O5S. The Bertz CT molecular complexity index is 947. The maximum absolute atomic E-state index is 12.9. The zero-order chi connectivity index (χ0) is 22.8. The highest BCUT2D eigenvalue weighted by atomic mass is 32.1. The lowest BCUT2D eigenvalue weighted by Gasteiger charge is -2.27. The van der Waals surface area contributed by atoms with Crippen LogP contribution in [0.2, 0.25) is 0 Å². The number of rotatable bonds is 8. The van der Waals surface area contributed by atoms with Crippen molar-refractivity contribution in [3.63, 3.8) is 0 Å². The number of morpholine rings is 1. The van der Waals surface area contributed by atoms with Gasteiger partial charge in [0.2, 0.25) is 0 Å². The SMILES string of the molecule is CCOCCOc1cccc(C(=O)NC(=S)Nc2ccccc2C(=O)N2CCOCC2)c1. The van der Waals surface area contributed by atoms with Gasteiger partial charge < -0.3 is 24.4 Å². The number of carbonyl (C=O) groups excluding carboxylic acids is 2. The van der Waals surface area contributed by atoms with Crippen LogP contribution in [0.15, 0.2) is 48.5 Å². The van der Waals surface area contributed by atoms with Gasteiger partial charge in [0.15, 0.2) is 5.11 Å². The van der Waals surface area contributed by atoms with Crippen molar-refractivity contribution in [3.8, 4) is 5.75 Å². The lowest BCUT2D eigenvalue weighted by molar-refractivity contribution is 0.0303. The lowest BCUT2D eigenvalue weighted by atomic mass is 10.1. The first-order valence-corrected chi connectivity index (χ1v) is 10.9. The number of hydrogen-bond acceptors (Lipinski definition) is 6. The fourth-order valence-electron chi connectivity index (χ4n) is 3.13. The van der Waals surface area contributed by atoms with Crippen LogP contribution in [-0.4, -0.2) is 68.0 Å². The van der Waals surface area contributed by atoms with Crippen LogP contribution >= 0.6 is 12.2 Å². The quantitative estimate of drug-likeness (QED) is 0.465. The normalized spacial score (nSPS) is 13.3. The third-order valence-corrected chi connectivity index (χ3v) is 4.93. The summed E-state index contributed by atoms with van der Waals surface area (Å²) in [6.07, 6.45) is 0. The highest BCUT2D eigenvalue weighted by molar-refractivity contribution is 7.80.